The summed E-state index contributed by atoms with van der Waals surface area (Å²) in [5.41, 5.74) is 0.373. The van der Waals surface area contributed by atoms with Crippen LogP contribution in [0.5, 0.6) is 0 Å². The minimum absolute atomic E-state index is 0.00540. The van der Waals surface area contributed by atoms with Crippen molar-refractivity contribution in [2.75, 3.05) is 26.7 Å². The van der Waals surface area contributed by atoms with E-state index in [9.17, 15) is 31.2 Å². The number of carbonyl (C=O) groups is 2. The summed E-state index contributed by atoms with van der Waals surface area (Å²) in [7, 11) is -2.55. The molecule has 0 aromatic heterocycles. The Bertz CT molecular complexity index is 1150. The van der Waals surface area contributed by atoms with Gasteiger partial charge in [-0.2, -0.15) is 17.5 Å². The zero-order valence-electron chi connectivity index (χ0n) is 19.2. The van der Waals surface area contributed by atoms with Crippen molar-refractivity contribution in [3.63, 3.8) is 0 Å². The molecule has 1 aliphatic heterocycles. The third kappa shape index (κ3) is 6.38. The van der Waals surface area contributed by atoms with Crippen molar-refractivity contribution in [2.45, 2.75) is 37.2 Å². The second-order valence-electron chi connectivity index (χ2n) is 8.09. The van der Waals surface area contributed by atoms with Crippen molar-refractivity contribution < 1.29 is 35.9 Å². The lowest BCUT2D eigenvalue weighted by Gasteiger charge is -2.39. The maximum absolute atomic E-state index is 13.4. The van der Waals surface area contributed by atoms with E-state index in [1.807, 2.05) is 0 Å². The van der Waals surface area contributed by atoms with Crippen molar-refractivity contribution in [3.05, 3.63) is 65.2 Å². The number of rotatable bonds is 7. The van der Waals surface area contributed by atoms with E-state index in [0.29, 0.717) is 12.2 Å². The van der Waals surface area contributed by atoms with E-state index in [4.69, 9.17) is 4.74 Å². The highest BCUT2D eigenvalue weighted by Gasteiger charge is 2.40. The van der Waals surface area contributed by atoms with Crippen LogP contribution in [-0.2, 0) is 43.7 Å². The third-order valence-corrected chi connectivity index (χ3v) is 7.59. The molecule has 2 aromatic carbocycles. The Morgan fingerprint density at radius 1 is 1.03 bits per heavy atom. The number of amides is 2. The maximum atomic E-state index is 13.4. The molecular formula is C23H26F3N3O5S. The summed E-state index contributed by atoms with van der Waals surface area (Å²) >= 11 is 0. The van der Waals surface area contributed by atoms with Gasteiger partial charge < -0.3 is 15.0 Å². The molecule has 0 aliphatic carbocycles. The van der Waals surface area contributed by atoms with E-state index in [1.165, 1.54) is 43.2 Å². The quantitative estimate of drug-likeness (QED) is 0.614. The molecular weight excluding hydrogens is 487 g/mol. The first-order valence-corrected chi connectivity index (χ1v) is 12.2. The van der Waals surface area contributed by atoms with Gasteiger partial charge in [0.2, 0.25) is 21.8 Å². The number of alkyl halides is 3. The number of halogens is 3. The van der Waals surface area contributed by atoms with E-state index in [2.05, 4.69) is 5.32 Å². The summed E-state index contributed by atoms with van der Waals surface area (Å²) in [5, 5.41) is 2.58. The van der Waals surface area contributed by atoms with Crippen molar-refractivity contribution >= 4 is 21.8 Å². The molecule has 35 heavy (non-hydrogen) atoms. The highest BCUT2D eigenvalue weighted by molar-refractivity contribution is 7.89. The van der Waals surface area contributed by atoms with E-state index < -0.39 is 33.7 Å². The Morgan fingerprint density at radius 3 is 2.17 bits per heavy atom. The number of carbonyl (C=O) groups excluding carboxylic acids is 2. The van der Waals surface area contributed by atoms with Crippen LogP contribution in [0.4, 0.5) is 13.2 Å². The molecule has 1 aliphatic rings. The molecule has 1 heterocycles. The summed E-state index contributed by atoms with van der Waals surface area (Å²) in [6, 6.07) is 9.17. The molecule has 0 spiro atoms. The van der Waals surface area contributed by atoms with Gasteiger partial charge in [0.05, 0.1) is 17.1 Å². The lowest BCUT2D eigenvalue weighted by Crippen LogP contribution is -2.61. The second-order valence-corrected chi connectivity index (χ2v) is 9.98. The van der Waals surface area contributed by atoms with Gasteiger partial charge in [0, 0.05) is 40.2 Å². The Morgan fingerprint density at radius 2 is 1.63 bits per heavy atom. The van der Waals surface area contributed by atoms with Crippen LogP contribution in [0.2, 0.25) is 0 Å². The molecule has 0 radical (unpaired) electrons. The van der Waals surface area contributed by atoms with Crippen LogP contribution in [-0.4, -0.2) is 62.2 Å². The molecule has 1 atom stereocenters. The van der Waals surface area contributed by atoms with Crippen molar-refractivity contribution in [1.82, 2.24) is 14.5 Å². The molecule has 3 rings (SSSR count). The van der Waals surface area contributed by atoms with Crippen LogP contribution < -0.4 is 5.32 Å². The average Bonchev–Trinajstić information content (AvgIpc) is 2.82. The average molecular weight is 514 g/mol. The zero-order valence-corrected chi connectivity index (χ0v) is 20.0. The first-order valence-electron chi connectivity index (χ1n) is 10.7. The highest BCUT2D eigenvalue weighted by Crippen LogP contribution is 2.29. The van der Waals surface area contributed by atoms with Crippen LogP contribution in [0, 0.1) is 0 Å². The van der Waals surface area contributed by atoms with Crippen LogP contribution in [0.15, 0.2) is 53.4 Å². The minimum Gasteiger partial charge on any atom is -0.380 e. The minimum atomic E-state index is -4.48. The number of sulfonamides is 1. The number of nitrogens with zero attached hydrogens (tertiary/aromatic N) is 2. The molecule has 190 valence electrons. The smallest absolute Gasteiger partial charge is 0.380 e. The number of ether oxygens (including phenoxy) is 1. The molecule has 8 nitrogen and oxygen atoms in total. The summed E-state index contributed by atoms with van der Waals surface area (Å²) < 4.78 is 71.1. The lowest BCUT2D eigenvalue weighted by molar-refractivity contribution is -0.138. The van der Waals surface area contributed by atoms with Crippen LogP contribution >= 0.6 is 0 Å². The van der Waals surface area contributed by atoms with Crippen molar-refractivity contribution in [2.24, 2.45) is 0 Å². The number of hydrogen-bond acceptors (Lipinski definition) is 5. The molecule has 1 N–H and O–H groups in total. The Labute approximate surface area is 201 Å². The number of hydrogen-bond donors (Lipinski definition) is 1. The highest BCUT2D eigenvalue weighted by atomic mass is 32.2. The predicted octanol–water partition coefficient (Wildman–Crippen LogP) is 2.39. The third-order valence-electron chi connectivity index (χ3n) is 5.67. The summed E-state index contributed by atoms with van der Waals surface area (Å²) in [6.45, 7) is 1.43. The van der Waals surface area contributed by atoms with Gasteiger partial charge in [-0.3, -0.25) is 9.59 Å². The lowest BCUT2D eigenvalue weighted by atomic mass is 10.1. The Hall–Kier alpha value is -2.96. The largest absolute Gasteiger partial charge is 0.416 e. The second kappa shape index (κ2) is 10.8. The van der Waals surface area contributed by atoms with Crippen LogP contribution in [0.3, 0.4) is 0 Å². The first-order chi connectivity index (χ1) is 16.4. The van der Waals surface area contributed by atoms with Gasteiger partial charge in [0.25, 0.3) is 0 Å². The van der Waals surface area contributed by atoms with E-state index >= 15 is 0 Å². The number of nitrogens with one attached hydrogen (secondary N) is 1. The number of piperazine rings is 1. The maximum Gasteiger partial charge on any atom is 0.416 e. The number of methoxy groups -OCH3 is 1. The Balaban J connectivity index is 1.79. The summed E-state index contributed by atoms with van der Waals surface area (Å²) in [5.74, 6) is -0.957. The van der Waals surface area contributed by atoms with Gasteiger partial charge in [-0.15, -0.1) is 0 Å². The first kappa shape index (κ1) is 26.6. The number of benzene rings is 2. The summed E-state index contributed by atoms with van der Waals surface area (Å²) in [4.78, 5) is 26.3. The van der Waals surface area contributed by atoms with E-state index in [0.717, 1.165) is 22.0 Å². The predicted molar refractivity (Wildman–Crippen MR) is 120 cm³/mol. The van der Waals surface area contributed by atoms with E-state index in [1.54, 1.807) is 12.1 Å². The fourth-order valence-corrected chi connectivity index (χ4v) is 5.30. The van der Waals surface area contributed by atoms with E-state index in [-0.39, 0.29) is 37.0 Å². The molecule has 1 unspecified atom stereocenters. The standard InChI is InChI=1S/C23H26F3N3O5S/c1-16(30)28-11-12-29(35(32,33)20-9-5-18(6-10-20)15-34-2)21(14-28)22(31)27-13-17-3-7-19(8-4-17)23(24,25)26/h3-10,21H,11-15H2,1-2H3,(H,27,31). The molecule has 1 fully saturated rings. The van der Waals surface area contributed by atoms with Gasteiger partial charge in [-0.25, -0.2) is 8.42 Å². The molecule has 12 heteroatoms. The molecule has 1 saturated heterocycles. The molecule has 2 amide bonds. The fourth-order valence-electron chi connectivity index (χ4n) is 3.73. The molecule has 0 saturated carbocycles. The van der Waals surface area contributed by atoms with Crippen molar-refractivity contribution in [1.29, 1.82) is 0 Å². The summed E-state index contributed by atoms with van der Waals surface area (Å²) in [6.07, 6.45) is -4.48. The van der Waals surface area contributed by atoms with Crippen LogP contribution in [0.25, 0.3) is 0 Å². The van der Waals surface area contributed by atoms with Gasteiger partial charge in [-0.05, 0) is 35.4 Å². The topological polar surface area (TPSA) is 96.0 Å². The van der Waals surface area contributed by atoms with Crippen LogP contribution in [0.1, 0.15) is 23.6 Å². The molecule has 2 aromatic rings. The van der Waals surface area contributed by atoms with Crippen molar-refractivity contribution in [3.8, 4) is 0 Å². The monoisotopic (exact) mass is 513 g/mol. The van der Waals surface area contributed by atoms with Gasteiger partial charge in [0.15, 0.2) is 0 Å². The normalized spacial score (nSPS) is 17.3. The fraction of sp³-hybridized carbons (Fsp3) is 0.391. The molecule has 0 bridgehead atoms. The zero-order chi connectivity index (χ0) is 25.8. The van der Waals surface area contributed by atoms with Gasteiger partial charge in [-0.1, -0.05) is 24.3 Å². The SMILES string of the molecule is COCc1ccc(S(=O)(=O)N2CCN(C(C)=O)CC2C(=O)NCc2ccc(C(F)(F)F)cc2)cc1. The Kier molecular flexibility index (Phi) is 8.18. The van der Waals surface area contributed by atoms with Gasteiger partial charge >= 0.3 is 6.18 Å². The van der Waals surface area contributed by atoms with Gasteiger partial charge in [0.1, 0.15) is 6.04 Å².